The molecule has 6 nitrogen and oxygen atoms in total. The molecule has 1 atom stereocenters. The SMILES string of the molecule is CCCCC(CC)COCCCNc1nc(OC)c(C)c(OC)n1. The molecule has 6 heteroatoms. The second kappa shape index (κ2) is 11.9. The minimum absolute atomic E-state index is 0.517. The Bertz CT molecular complexity index is 444. The number of nitrogens with one attached hydrogen (secondary N) is 1. The summed E-state index contributed by atoms with van der Waals surface area (Å²) in [5, 5.41) is 3.20. The Kier molecular flexibility index (Phi) is 10.2. The van der Waals surface area contributed by atoms with Crippen LogP contribution in [0, 0.1) is 12.8 Å². The van der Waals surface area contributed by atoms with Gasteiger partial charge in [-0.1, -0.05) is 33.1 Å². The molecule has 0 aliphatic carbocycles. The van der Waals surface area contributed by atoms with Crippen molar-refractivity contribution in [3.8, 4) is 11.8 Å². The van der Waals surface area contributed by atoms with E-state index in [0.29, 0.717) is 23.6 Å². The van der Waals surface area contributed by atoms with E-state index in [4.69, 9.17) is 14.2 Å². The third-order valence-corrected chi connectivity index (χ3v) is 4.09. The monoisotopic (exact) mass is 339 g/mol. The van der Waals surface area contributed by atoms with Gasteiger partial charge in [-0.25, -0.2) is 0 Å². The van der Waals surface area contributed by atoms with Gasteiger partial charge in [-0.3, -0.25) is 0 Å². The molecule has 0 fully saturated rings. The van der Waals surface area contributed by atoms with Gasteiger partial charge >= 0.3 is 0 Å². The fourth-order valence-corrected chi connectivity index (χ4v) is 2.48. The number of rotatable bonds is 13. The van der Waals surface area contributed by atoms with Crippen LogP contribution in [-0.4, -0.2) is 43.9 Å². The molecule has 1 aromatic heterocycles. The third kappa shape index (κ3) is 6.91. The van der Waals surface area contributed by atoms with Crippen molar-refractivity contribution in [1.29, 1.82) is 0 Å². The maximum atomic E-state index is 5.80. The maximum Gasteiger partial charge on any atom is 0.229 e. The molecule has 0 aliphatic rings. The summed E-state index contributed by atoms with van der Waals surface area (Å²) in [5.74, 6) is 2.26. The standard InChI is InChI=1S/C18H33N3O3/c1-6-8-10-15(7-2)13-24-12-9-11-19-18-20-16(22-4)14(3)17(21-18)23-5/h15H,6-13H2,1-5H3,(H,19,20,21). The number of ether oxygens (including phenoxy) is 3. The van der Waals surface area contributed by atoms with Crippen LogP contribution in [0.4, 0.5) is 5.95 Å². The highest BCUT2D eigenvalue weighted by Crippen LogP contribution is 2.24. The summed E-state index contributed by atoms with van der Waals surface area (Å²) in [6.07, 6.45) is 5.91. The van der Waals surface area contributed by atoms with Gasteiger partial charge in [-0.05, 0) is 25.7 Å². The van der Waals surface area contributed by atoms with Gasteiger partial charge in [0.1, 0.15) is 0 Å². The second-order valence-electron chi connectivity index (χ2n) is 5.96. The molecule has 0 aromatic carbocycles. The molecule has 1 aromatic rings. The first-order valence-corrected chi connectivity index (χ1v) is 8.94. The third-order valence-electron chi connectivity index (χ3n) is 4.09. The molecule has 0 spiro atoms. The fraction of sp³-hybridized carbons (Fsp3) is 0.778. The number of hydrogen-bond acceptors (Lipinski definition) is 6. The Hall–Kier alpha value is -1.56. The van der Waals surface area contributed by atoms with Crippen LogP contribution >= 0.6 is 0 Å². The van der Waals surface area contributed by atoms with E-state index in [1.54, 1.807) is 14.2 Å². The van der Waals surface area contributed by atoms with E-state index in [0.717, 1.165) is 31.7 Å². The van der Waals surface area contributed by atoms with Gasteiger partial charge in [0, 0.05) is 19.8 Å². The first kappa shape index (κ1) is 20.5. The van der Waals surface area contributed by atoms with Crippen LogP contribution in [0.3, 0.4) is 0 Å². The highest BCUT2D eigenvalue weighted by Gasteiger charge is 2.11. The van der Waals surface area contributed by atoms with Crippen LogP contribution in [0.5, 0.6) is 11.8 Å². The average molecular weight is 339 g/mol. The summed E-state index contributed by atoms with van der Waals surface area (Å²) in [6, 6.07) is 0. The fourth-order valence-electron chi connectivity index (χ4n) is 2.48. The van der Waals surface area contributed by atoms with E-state index in [2.05, 4.69) is 29.1 Å². The van der Waals surface area contributed by atoms with Gasteiger partial charge in [-0.2, -0.15) is 9.97 Å². The summed E-state index contributed by atoms with van der Waals surface area (Å²) in [7, 11) is 3.18. The maximum absolute atomic E-state index is 5.80. The number of nitrogens with zero attached hydrogens (tertiary/aromatic N) is 2. The van der Waals surface area contributed by atoms with Crippen molar-refractivity contribution >= 4 is 5.95 Å². The lowest BCUT2D eigenvalue weighted by atomic mass is 10.0. The zero-order valence-corrected chi connectivity index (χ0v) is 15.9. The van der Waals surface area contributed by atoms with E-state index in [1.165, 1.54) is 25.7 Å². The van der Waals surface area contributed by atoms with Crippen molar-refractivity contribution in [2.75, 3.05) is 39.3 Å². The first-order chi connectivity index (χ1) is 11.7. The van der Waals surface area contributed by atoms with Gasteiger partial charge in [0.15, 0.2) is 0 Å². The second-order valence-corrected chi connectivity index (χ2v) is 5.96. The smallest absolute Gasteiger partial charge is 0.229 e. The highest BCUT2D eigenvalue weighted by atomic mass is 16.5. The Labute approximate surface area is 146 Å². The van der Waals surface area contributed by atoms with Crippen molar-refractivity contribution < 1.29 is 14.2 Å². The number of unbranched alkanes of at least 4 members (excludes halogenated alkanes) is 1. The normalized spacial score (nSPS) is 12.0. The van der Waals surface area contributed by atoms with Gasteiger partial charge in [-0.15, -0.1) is 0 Å². The molecule has 1 heterocycles. The zero-order valence-electron chi connectivity index (χ0n) is 15.9. The van der Waals surface area contributed by atoms with Crippen LogP contribution in [0.25, 0.3) is 0 Å². The van der Waals surface area contributed by atoms with E-state index in [-0.39, 0.29) is 0 Å². The highest BCUT2D eigenvalue weighted by molar-refractivity contribution is 5.41. The van der Waals surface area contributed by atoms with E-state index in [1.807, 2.05) is 6.92 Å². The van der Waals surface area contributed by atoms with Crippen molar-refractivity contribution in [1.82, 2.24) is 9.97 Å². The minimum atomic E-state index is 0.517. The van der Waals surface area contributed by atoms with E-state index in [9.17, 15) is 0 Å². The first-order valence-electron chi connectivity index (χ1n) is 8.94. The van der Waals surface area contributed by atoms with Gasteiger partial charge in [0.25, 0.3) is 0 Å². The summed E-state index contributed by atoms with van der Waals surface area (Å²) in [6.45, 7) is 8.70. The molecule has 0 bridgehead atoms. The molecule has 1 rings (SSSR count). The molecule has 138 valence electrons. The molecule has 1 unspecified atom stereocenters. The molecule has 1 N–H and O–H groups in total. The van der Waals surface area contributed by atoms with E-state index < -0.39 is 0 Å². The lowest BCUT2D eigenvalue weighted by Gasteiger charge is -2.15. The molecule has 0 radical (unpaired) electrons. The van der Waals surface area contributed by atoms with Crippen molar-refractivity contribution in [2.45, 2.75) is 52.9 Å². The van der Waals surface area contributed by atoms with Crippen LogP contribution in [-0.2, 0) is 4.74 Å². The Morgan fingerprint density at radius 3 is 2.25 bits per heavy atom. The predicted octanol–water partition coefficient (Wildman–Crippen LogP) is 3.84. The van der Waals surface area contributed by atoms with Crippen LogP contribution in [0.1, 0.15) is 51.5 Å². The number of methoxy groups -OCH3 is 2. The summed E-state index contributed by atoms with van der Waals surface area (Å²) in [4.78, 5) is 8.65. The number of aromatic nitrogens is 2. The average Bonchev–Trinajstić information content (AvgIpc) is 2.61. The van der Waals surface area contributed by atoms with Crippen LogP contribution in [0.15, 0.2) is 0 Å². The van der Waals surface area contributed by atoms with Gasteiger partial charge in [0.2, 0.25) is 17.7 Å². The van der Waals surface area contributed by atoms with Crippen LogP contribution in [0.2, 0.25) is 0 Å². The molecule has 24 heavy (non-hydrogen) atoms. The van der Waals surface area contributed by atoms with Crippen molar-refractivity contribution in [3.05, 3.63) is 5.56 Å². The minimum Gasteiger partial charge on any atom is -0.481 e. The number of hydrogen-bond donors (Lipinski definition) is 1. The molecule has 0 saturated carbocycles. The van der Waals surface area contributed by atoms with Crippen molar-refractivity contribution in [2.24, 2.45) is 5.92 Å². The predicted molar refractivity (Wildman–Crippen MR) is 97.1 cm³/mol. The van der Waals surface area contributed by atoms with Crippen LogP contribution < -0.4 is 14.8 Å². The summed E-state index contributed by atoms with van der Waals surface area (Å²) < 4.78 is 16.3. The van der Waals surface area contributed by atoms with Gasteiger partial charge < -0.3 is 19.5 Å². The largest absolute Gasteiger partial charge is 0.481 e. The molecule has 0 saturated heterocycles. The summed E-state index contributed by atoms with van der Waals surface area (Å²) in [5.41, 5.74) is 0.798. The Balaban J connectivity index is 2.30. The quantitative estimate of drug-likeness (QED) is 0.551. The topological polar surface area (TPSA) is 65.5 Å². The lowest BCUT2D eigenvalue weighted by Crippen LogP contribution is -2.13. The molecule has 0 aliphatic heterocycles. The Morgan fingerprint density at radius 2 is 1.71 bits per heavy atom. The molecule has 0 amide bonds. The number of anilines is 1. The lowest BCUT2D eigenvalue weighted by molar-refractivity contribution is 0.0937. The molecular formula is C18H33N3O3. The van der Waals surface area contributed by atoms with Gasteiger partial charge in [0.05, 0.1) is 19.8 Å². The van der Waals surface area contributed by atoms with Crippen molar-refractivity contribution in [3.63, 3.8) is 0 Å². The van der Waals surface area contributed by atoms with E-state index >= 15 is 0 Å². The molecular weight excluding hydrogens is 306 g/mol. The Morgan fingerprint density at radius 1 is 1.04 bits per heavy atom. The zero-order chi connectivity index (χ0) is 17.8. The summed E-state index contributed by atoms with van der Waals surface area (Å²) >= 11 is 0.